The van der Waals surface area contributed by atoms with E-state index in [-0.39, 0.29) is 25.6 Å². The van der Waals surface area contributed by atoms with Crippen molar-refractivity contribution >= 4 is 29.1 Å². The van der Waals surface area contributed by atoms with Gasteiger partial charge in [0, 0.05) is 64.3 Å². The molecule has 1 aromatic heterocycles. The molecule has 0 spiro atoms. The number of hydrogen-bond donors (Lipinski definition) is 1. The normalized spacial score (nSPS) is 20.5. The first-order chi connectivity index (χ1) is 19.0. The summed E-state index contributed by atoms with van der Waals surface area (Å²) in [5.41, 5.74) is 4.97. The second kappa shape index (κ2) is 11.9. The molecule has 2 aromatic rings. The summed E-state index contributed by atoms with van der Waals surface area (Å²) in [7, 11) is 0. The Balaban J connectivity index is 0.00000370. The second-order valence-corrected chi connectivity index (χ2v) is 10.7. The molecule has 3 heterocycles. The number of carbonyl (C=O) groups is 2. The number of anilines is 3. The summed E-state index contributed by atoms with van der Waals surface area (Å²) in [6.45, 7) is 8.42. The van der Waals surface area contributed by atoms with Crippen LogP contribution in [0.4, 0.5) is 17.5 Å². The molecular weight excluding hydrogens is 490 g/mol. The largest absolute Gasteiger partial charge is 0.368 e. The molecule has 5 rings (SSSR count). The summed E-state index contributed by atoms with van der Waals surface area (Å²) in [5.74, 6) is 1.39. The average molecular weight is 530 g/mol. The minimum atomic E-state index is -0.227. The van der Waals surface area contributed by atoms with Crippen molar-refractivity contribution in [1.29, 1.82) is 5.26 Å². The number of carbonyl (C=O) groups excluding carboxylic acids is 2. The predicted molar refractivity (Wildman–Crippen MR) is 154 cm³/mol. The van der Waals surface area contributed by atoms with Crippen LogP contribution in [0, 0.1) is 11.3 Å². The van der Waals surface area contributed by atoms with Crippen molar-refractivity contribution in [3.05, 3.63) is 53.7 Å². The maximum Gasteiger partial charge on any atom is 0.246 e. The summed E-state index contributed by atoms with van der Waals surface area (Å²) in [4.78, 5) is 40.4. The number of ketones is 1. The van der Waals surface area contributed by atoms with Gasteiger partial charge >= 0.3 is 0 Å². The number of aryl methyl sites for hydroxylation is 1. The number of fused-ring (bicyclic) bond motifs is 2. The predicted octanol–water partition coefficient (Wildman–Crippen LogP) is 3.54. The third kappa shape index (κ3) is 5.75. The Kier molecular flexibility index (Phi) is 8.10. The summed E-state index contributed by atoms with van der Waals surface area (Å²) >= 11 is 0. The molecule has 9 nitrogen and oxygen atoms in total. The lowest BCUT2D eigenvalue weighted by atomic mass is 9.88. The fraction of sp³-hybridized carbons (Fsp3) is 0.500. The van der Waals surface area contributed by atoms with E-state index in [9.17, 15) is 14.9 Å². The van der Waals surface area contributed by atoms with E-state index in [4.69, 9.17) is 9.97 Å². The van der Waals surface area contributed by atoms with Gasteiger partial charge < -0.3 is 20.0 Å². The summed E-state index contributed by atoms with van der Waals surface area (Å²) in [6.07, 6.45) is 6.98. The summed E-state index contributed by atoms with van der Waals surface area (Å²) in [6, 6.07) is 11.1. The van der Waals surface area contributed by atoms with Crippen molar-refractivity contribution < 1.29 is 11.0 Å². The van der Waals surface area contributed by atoms with E-state index in [1.165, 1.54) is 17.3 Å². The maximum atomic E-state index is 12.4. The van der Waals surface area contributed by atoms with E-state index < -0.39 is 0 Å². The maximum absolute atomic E-state index is 12.4. The van der Waals surface area contributed by atoms with Crippen LogP contribution in [0.1, 0.15) is 50.9 Å². The molecule has 1 unspecified atom stereocenters. The summed E-state index contributed by atoms with van der Waals surface area (Å²) in [5, 5.41) is 12.7. The number of hydrogen-bond acceptors (Lipinski definition) is 8. The standard InChI is InChI=1S/C30H37N7O2.H2/c1-3-28(39)37-18-17-35(20-24(37)12-14-31)29-25-11-10-23(36-16-6-8-22-7-4-5-9-27(22)36)19-26(25)33-30(34-29)32-15-13-21(2)38;/h3-5,7,9,23-24H,1,6,8,10-13,15-20H2,2H3,(H,32,33,34);1H/t23?,24-;/m0./s1. The Hall–Kier alpha value is -3.93. The molecule has 206 valence electrons. The lowest BCUT2D eigenvalue weighted by molar-refractivity contribution is -0.128. The molecule has 1 saturated heterocycles. The lowest BCUT2D eigenvalue weighted by Gasteiger charge is -2.43. The molecular formula is C30H39N7O2. The number of aromatic nitrogens is 2. The number of benzene rings is 1. The van der Waals surface area contributed by atoms with Crippen molar-refractivity contribution in [3.63, 3.8) is 0 Å². The molecule has 0 saturated carbocycles. The number of piperazine rings is 1. The molecule has 2 aliphatic heterocycles. The lowest BCUT2D eigenvalue weighted by Crippen LogP contribution is -2.55. The van der Waals surface area contributed by atoms with Crippen LogP contribution in [0.5, 0.6) is 0 Å². The van der Waals surface area contributed by atoms with Crippen molar-refractivity contribution in [1.82, 2.24) is 14.9 Å². The highest BCUT2D eigenvalue weighted by molar-refractivity contribution is 5.87. The Bertz CT molecular complexity index is 1290. The molecule has 1 fully saturated rings. The fourth-order valence-corrected chi connectivity index (χ4v) is 6.21. The first-order valence-electron chi connectivity index (χ1n) is 14.0. The van der Waals surface area contributed by atoms with E-state index in [0.29, 0.717) is 44.6 Å². The average Bonchev–Trinajstić information content (AvgIpc) is 2.95. The number of amides is 1. The number of nitrogens with zero attached hydrogens (tertiary/aromatic N) is 6. The molecule has 9 heteroatoms. The number of para-hydroxylation sites is 1. The molecule has 2 atom stereocenters. The van der Waals surface area contributed by atoms with E-state index in [1.54, 1.807) is 11.8 Å². The second-order valence-electron chi connectivity index (χ2n) is 10.7. The van der Waals surface area contributed by atoms with E-state index in [0.717, 1.165) is 55.7 Å². The quantitative estimate of drug-likeness (QED) is 0.518. The minimum Gasteiger partial charge on any atom is -0.368 e. The Morgan fingerprint density at radius 1 is 1.23 bits per heavy atom. The molecule has 1 amide bonds. The van der Waals surface area contributed by atoms with Gasteiger partial charge in [-0.1, -0.05) is 24.8 Å². The van der Waals surface area contributed by atoms with Gasteiger partial charge in [0.25, 0.3) is 0 Å². The van der Waals surface area contributed by atoms with E-state index in [2.05, 4.69) is 52.0 Å². The van der Waals surface area contributed by atoms with Crippen molar-refractivity contribution in [2.75, 3.05) is 47.8 Å². The van der Waals surface area contributed by atoms with Gasteiger partial charge in [0.1, 0.15) is 11.6 Å². The van der Waals surface area contributed by atoms with Crippen LogP contribution in [0.2, 0.25) is 0 Å². The zero-order valence-electron chi connectivity index (χ0n) is 22.7. The van der Waals surface area contributed by atoms with Gasteiger partial charge in [-0.15, -0.1) is 0 Å². The first-order valence-corrected chi connectivity index (χ1v) is 14.0. The van der Waals surface area contributed by atoms with Crippen LogP contribution in [-0.2, 0) is 28.9 Å². The van der Waals surface area contributed by atoms with Gasteiger partial charge in [-0.25, -0.2) is 4.98 Å². The Labute approximate surface area is 232 Å². The molecule has 39 heavy (non-hydrogen) atoms. The van der Waals surface area contributed by atoms with Crippen LogP contribution in [-0.4, -0.2) is 71.4 Å². The Morgan fingerprint density at radius 2 is 2.08 bits per heavy atom. The SMILES string of the molecule is C=CC(=O)N1CCN(c2nc(NCCC(C)=O)nc3c2CCC(N2CCCc4ccccc42)C3)C[C@@H]1CC#N.[HH]. The van der Waals surface area contributed by atoms with Gasteiger partial charge in [-0.3, -0.25) is 9.59 Å². The van der Waals surface area contributed by atoms with Crippen molar-refractivity contribution in [3.8, 4) is 6.07 Å². The van der Waals surface area contributed by atoms with Crippen molar-refractivity contribution in [2.24, 2.45) is 0 Å². The van der Waals surface area contributed by atoms with Gasteiger partial charge in [0.2, 0.25) is 11.9 Å². The zero-order chi connectivity index (χ0) is 27.4. The van der Waals surface area contributed by atoms with Crippen LogP contribution in [0.3, 0.4) is 0 Å². The van der Waals surface area contributed by atoms with Crippen LogP contribution >= 0.6 is 0 Å². The molecule has 1 N–H and O–H groups in total. The van der Waals surface area contributed by atoms with Crippen LogP contribution in [0.25, 0.3) is 0 Å². The highest BCUT2D eigenvalue weighted by atomic mass is 16.2. The number of nitriles is 1. The molecule has 3 aliphatic rings. The summed E-state index contributed by atoms with van der Waals surface area (Å²) < 4.78 is 0. The highest BCUT2D eigenvalue weighted by Gasteiger charge is 2.35. The minimum absolute atomic E-state index is 0. The van der Waals surface area contributed by atoms with Gasteiger partial charge in [-0.05, 0) is 50.3 Å². The van der Waals surface area contributed by atoms with Crippen LogP contribution < -0.4 is 15.1 Å². The third-order valence-corrected chi connectivity index (χ3v) is 8.14. The fourth-order valence-electron chi connectivity index (χ4n) is 6.21. The zero-order valence-corrected chi connectivity index (χ0v) is 22.7. The third-order valence-electron chi connectivity index (χ3n) is 8.14. The smallest absolute Gasteiger partial charge is 0.246 e. The molecule has 0 radical (unpaired) electrons. The van der Waals surface area contributed by atoms with E-state index >= 15 is 0 Å². The molecule has 0 bridgehead atoms. The highest BCUT2D eigenvalue weighted by Crippen LogP contribution is 2.36. The Morgan fingerprint density at radius 3 is 2.87 bits per heavy atom. The van der Waals surface area contributed by atoms with Gasteiger partial charge in [-0.2, -0.15) is 10.2 Å². The number of Topliss-reactive ketones (excluding diaryl/α,β-unsaturated/α-hetero) is 1. The molecule has 1 aromatic carbocycles. The van der Waals surface area contributed by atoms with Crippen LogP contribution in [0.15, 0.2) is 36.9 Å². The van der Waals surface area contributed by atoms with Gasteiger partial charge in [0.15, 0.2) is 0 Å². The van der Waals surface area contributed by atoms with Gasteiger partial charge in [0.05, 0.1) is 24.2 Å². The topological polar surface area (TPSA) is 105 Å². The van der Waals surface area contributed by atoms with Crippen molar-refractivity contribution in [2.45, 2.75) is 64.0 Å². The monoisotopic (exact) mass is 529 g/mol. The van der Waals surface area contributed by atoms with E-state index in [1.807, 2.05) is 0 Å². The number of rotatable bonds is 8. The first kappa shape index (κ1) is 26.7. The number of nitrogens with one attached hydrogen (secondary N) is 1. The molecule has 1 aliphatic carbocycles.